The van der Waals surface area contributed by atoms with Crippen molar-refractivity contribution in [1.29, 1.82) is 0 Å². The van der Waals surface area contributed by atoms with E-state index in [0.717, 1.165) is 24.5 Å². The van der Waals surface area contributed by atoms with E-state index in [9.17, 15) is 9.59 Å². The number of piperazine rings is 1. The van der Waals surface area contributed by atoms with Crippen molar-refractivity contribution in [3.05, 3.63) is 64.7 Å². The molecule has 1 amide bonds. The molecule has 8 heteroatoms. The normalized spacial score (nSPS) is 14.3. The van der Waals surface area contributed by atoms with Crippen molar-refractivity contribution in [3.63, 3.8) is 0 Å². The molecule has 31 heavy (non-hydrogen) atoms. The lowest BCUT2D eigenvalue weighted by molar-refractivity contribution is -0.132. The van der Waals surface area contributed by atoms with Crippen LogP contribution in [-0.4, -0.2) is 72.6 Å². The van der Waals surface area contributed by atoms with Crippen LogP contribution in [0.5, 0.6) is 5.75 Å². The van der Waals surface area contributed by atoms with Gasteiger partial charge in [0.05, 0.1) is 31.1 Å². The first-order valence-corrected chi connectivity index (χ1v) is 10.4. The Bertz CT molecular complexity index is 1100. The quantitative estimate of drug-likeness (QED) is 0.653. The summed E-state index contributed by atoms with van der Waals surface area (Å²) in [6.07, 6.45) is 0. The Labute approximate surface area is 181 Å². The molecule has 0 aliphatic carbocycles. The van der Waals surface area contributed by atoms with Crippen molar-refractivity contribution in [3.8, 4) is 5.75 Å². The summed E-state index contributed by atoms with van der Waals surface area (Å²) in [7, 11) is 3.52. The minimum absolute atomic E-state index is 0.0833. The van der Waals surface area contributed by atoms with Gasteiger partial charge in [0.2, 0.25) is 5.91 Å². The van der Waals surface area contributed by atoms with Crippen molar-refractivity contribution in [2.45, 2.75) is 6.54 Å². The number of anilines is 1. The first-order chi connectivity index (χ1) is 15.0. The summed E-state index contributed by atoms with van der Waals surface area (Å²) in [6, 6.07) is 15.2. The Hall–Kier alpha value is -3.39. The molecule has 3 aromatic rings. The minimum atomic E-state index is -0.157. The number of benzene rings is 2. The van der Waals surface area contributed by atoms with Crippen LogP contribution in [0.15, 0.2) is 53.3 Å². The molecule has 0 unspecified atom stereocenters. The van der Waals surface area contributed by atoms with Crippen LogP contribution in [0.3, 0.4) is 0 Å². The fraction of sp³-hybridized carbons (Fsp3) is 0.348. The van der Waals surface area contributed by atoms with Crippen LogP contribution < -0.4 is 15.2 Å². The van der Waals surface area contributed by atoms with Crippen molar-refractivity contribution >= 4 is 22.5 Å². The van der Waals surface area contributed by atoms with E-state index in [1.165, 1.54) is 0 Å². The first-order valence-electron chi connectivity index (χ1n) is 10.4. The zero-order chi connectivity index (χ0) is 21.8. The van der Waals surface area contributed by atoms with Gasteiger partial charge in [-0.3, -0.25) is 14.5 Å². The number of carbonyl (C=O) groups is 1. The topological polar surface area (TPSA) is 81.8 Å². The number of para-hydroxylation sites is 1. The highest BCUT2D eigenvalue weighted by Gasteiger charge is 2.22. The SMILES string of the molecule is COc1ccc(N2CCN(C(=O)CN(C)Cc3nc4ccccc4c(=O)[nH]3)CC2)cc1. The molecule has 1 fully saturated rings. The third kappa shape index (κ3) is 4.86. The third-order valence-electron chi connectivity index (χ3n) is 5.56. The van der Waals surface area contributed by atoms with Gasteiger partial charge in [-0.1, -0.05) is 12.1 Å². The number of nitrogens with one attached hydrogen (secondary N) is 1. The molecular weight excluding hydrogens is 394 g/mol. The molecule has 0 bridgehead atoms. The van der Waals surface area contributed by atoms with Gasteiger partial charge in [-0.15, -0.1) is 0 Å². The maximum atomic E-state index is 12.8. The fourth-order valence-corrected chi connectivity index (χ4v) is 3.86. The predicted molar refractivity (Wildman–Crippen MR) is 120 cm³/mol. The number of carbonyl (C=O) groups excluding carboxylic acids is 1. The number of H-pyrrole nitrogens is 1. The number of aromatic amines is 1. The molecule has 4 rings (SSSR count). The highest BCUT2D eigenvalue weighted by atomic mass is 16.5. The van der Waals surface area contributed by atoms with Crippen LogP contribution in [0.25, 0.3) is 10.9 Å². The summed E-state index contributed by atoms with van der Waals surface area (Å²) in [5.74, 6) is 1.48. The van der Waals surface area contributed by atoms with Crippen molar-refractivity contribution in [2.75, 3.05) is 51.8 Å². The standard InChI is InChI=1S/C23H27N5O3/c1-26(15-21-24-20-6-4-3-5-19(20)23(30)25-21)16-22(29)28-13-11-27(12-14-28)17-7-9-18(31-2)10-8-17/h3-10H,11-16H2,1-2H3,(H,24,25,30). The van der Waals surface area contributed by atoms with E-state index < -0.39 is 0 Å². The Morgan fingerprint density at radius 2 is 1.81 bits per heavy atom. The first kappa shape index (κ1) is 20.9. The number of nitrogens with zero attached hydrogens (tertiary/aromatic N) is 4. The second kappa shape index (κ2) is 9.18. The summed E-state index contributed by atoms with van der Waals surface area (Å²) in [5.41, 5.74) is 1.64. The van der Waals surface area contributed by atoms with Gasteiger partial charge in [-0.2, -0.15) is 0 Å². The van der Waals surface area contributed by atoms with Gasteiger partial charge < -0.3 is 19.5 Å². The number of likely N-dealkylation sites (N-methyl/N-ethyl adjacent to an activating group) is 1. The van der Waals surface area contributed by atoms with E-state index in [-0.39, 0.29) is 18.0 Å². The second-order valence-corrected chi connectivity index (χ2v) is 7.77. The van der Waals surface area contributed by atoms with E-state index in [0.29, 0.717) is 36.4 Å². The average Bonchev–Trinajstić information content (AvgIpc) is 2.79. The maximum Gasteiger partial charge on any atom is 0.258 e. The van der Waals surface area contributed by atoms with E-state index in [4.69, 9.17) is 4.74 Å². The van der Waals surface area contributed by atoms with Crippen LogP contribution in [0.4, 0.5) is 5.69 Å². The zero-order valence-corrected chi connectivity index (χ0v) is 17.9. The molecule has 0 saturated carbocycles. The Morgan fingerprint density at radius 1 is 1.10 bits per heavy atom. The fourth-order valence-electron chi connectivity index (χ4n) is 3.86. The molecule has 1 N–H and O–H groups in total. The number of methoxy groups -OCH3 is 1. The molecule has 1 aliphatic rings. The zero-order valence-electron chi connectivity index (χ0n) is 17.9. The molecule has 2 heterocycles. The van der Waals surface area contributed by atoms with Crippen LogP contribution in [-0.2, 0) is 11.3 Å². The smallest absolute Gasteiger partial charge is 0.258 e. The van der Waals surface area contributed by atoms with Crippen LogP contribution in [0.1, 0.15) is 5.82 Å². The van der Waals surface area contributed by atoms with Gasteiger partial charge in [0, 0.05) is 31.9 Å². The Kier molecular flexibility index (Phi) is 6.18. The molecule has 1 aliphatic heterocycles. The van der Waals surface area contributed by atoms with Crippen molar-refractivity contribution in [2.24, 2.45) is 0 Å². The van der Waals surface area contributed by atoms with E-state index in [2.05, 4.69) is 14.9 Å². The van der Waals surface area contributed by atoms with Crippen LogP contribution in [0.2, 0.25) is 0 Å². The van der Waals surface area contributed by atoms with E-state index in [1.807, 2.05) is 59.3 Å². The lowest BCUT2D eigenvalue weighted by atomic mass is 10.2. The Balaban J connectivity index is 1.31. The van der Waals surface area contributed by atoms with Crippen LogP contribution in [0, 0.1) is 0 Å². The van der Waals surface area contributed by atoms with Crippen LogP contribution >= 0.6 is 0 Å². The molecule has 1 saturated heterocycles. The molecule has 8 nitrogen and oxygen atoms in total. The monoisotopic (exact) mass is 421 g/mol. The molecule has 0 radical (unpaired) electrons. The number of amides is 1. The minimum Gasteiger partial charge on any atom is -0.497 e. The lowest BCUT2D eigenvalue weighted by Crippen LogP contribution is -2.51. The van der Waals surface area contributed by atoms with Crippen molar-refractivity contribution in [1.82, 2.24) is 19.8 Å². The molecule has 162 valence electrons. The second-order valence-electron chi connectivity index (χ2n) is 7.77. The molecular formula is C23H27N5O3. The Morgan fingerprint density at radius 3 is 2.52 bits per heavy atom. The summed E-state index contributed by atoms with van der Waals surface area (Å²) in [6.45, 7) is 3.63. The number of rotatable bonds is 6. The molecule has 0 spiro atoms. The molecule has 1 aromatic heterocycles. The number of ether oxygens (including phenoxy) is 1. The summed E-state index contributed by atoms with van der Waals surface area (Å²) in [5, 5.41) is 0.569. The van der Waals surface area contributed by atoms with Gasteiger partial charge in [0.15, 0.2) is 0 Å². The van der Waals surface area contributed by atoms with Gasteiger partial charge in [0.1, 0.15) is 11.6 Å². The summed E-state index contributed by atoms with van der Waals surface area (Å²) < 4.78 is 5.21. The lowest BCUT2D eigenvalue weighted by Gasteiger charge is -2.36. The third-order valence-corrected chi connectivity index (χ3v) is 5.56. The van der Waals surface area contributed by atoms with Crippen molar-refractivity contribution < 1.29 is 9.53 Å². The number of hydrogen-bond acceptors (Lipinski definition) is 6. The predicted octanol–water partition coefficient (Wildman–Crippen LogP) is 1.71. The summed E-state index contributed by atoms with van der Waals surface area (Å²) >= 11 is 0. The largest absolute Gasteiger partial charge is 0.497 e. The van der Waals surface area contributed by atoms with Gasteiger partial charge in [-0.25, -0.2) is 4.98 Å². The van der Waals surface area contributed by atoms with E-state index in [1.54, 1.807) is 13.2 Å². The van der Waals surface area contributed by atoms with Gasteiger partial charge >= 0.3 is 0 Å². The number of fused-ring (bicyclic) bond motifs is 1. The highest BCUT2D eigenvalue weighted by molar-refractivity contribution is 5.79. The average molecular weight is 422 g/mol. The number of aromatic nitrogens is 2. The maximum absolute atomic E-state index is 12.8. The molecule has 0 atom stereocenters. The molecule has 2 aromatic carbocycles. The van der Waals surface area contributed by atoms with Gasteiger partial charge in [0.25, 0.3) is 5.56 Å². The number of hydrogen-bond donors (Lipinski definition) is 1. The summed E-state index contributed by atoms with van der Waals surface area (Å²) in [4.78, 5) is 38.4. The van der Waals surface area contributed by atoms with Gasteiger partial charge in [-0.05, 0) is 43.4 Å². The highest BCUT2D eigenvalue weighted by Crippen LogP contribution is 2.20. The van der Waals surface area contributed by atoms with E-state index >= 15 is 0 Å².